The number of nitrogens with zero attached hydrogens (tertiary/aromatic N) is 1. The maximum atomic E-state index is 13.6. The van der Waals surface area contributed by atoms with Crippen molar-refractivity contribution < 1.29 is 29.0 Å². The SMILES string of the molecule is C=C[C@H](C)[C@H](C)[C@H](NC(=O)[C@@H]1C[C@@H](OC2c3ccccc3CCc3ccccc32)CN1C(=O)OC(C)(C)C)C(=O)O. The van der Waals surface area contributed by atoms with E-state index < -0.39 is 47.7 Å². The Morgan fingerprint density at radius 2 is 1.59 bits per heavy atom. The number of carboxylic acid groups (broad SMARTS) is 1. The van der Waals surface area contributed by atoms with Crippen LogP contribution in [0.5, 0.6) is 0 Å². The Balaban J connectivity index is 1.63. The molecule has 0 radical (unpaired) electrons. The number of carbonyl (C=O) groups is 3. The molecule has 4 rings (SSSR count). The molecule has 0 aromatic heterocycles. The van der Waals surface area contributed by atoms with Crippen LogP contribution in [0.25, 0.3) is 0 Å². The van der Waals surface area contributed by atoms with E-state index in [1.807, 2.05) is 31.2 Å². The zero-order valence-electron chi connectivity index (χ0n) is 24.6. The smallest absolute Gasteiger partial charge is 0.411 e. The lowest BCUT2D eigenvalue weighted by Crippen LogP contribution is -2.54. The summed E-state index contributed by atoms with van der Waals surface area (Å²) in [6, 6.07) is 14.4. The second kappa shape index (κ2) is 12.5. The van der Waals surface area contributed by atoms with Gasteiger partial charge in [0, 0.05) is 6.42 Å². The molecule has 5 atom stereocenters. The van der Waals surface area contributed by atoms with Gasteiger partial charge < -0.3 is 19.9 Å². The number of carbonyl (C=O) groups excluding carboxylic acids is 2. The largest absolute Gasteiger partial charge is 0.480 e. The molecule has 1 saturated heterocycles. The number of carboxylic acids is 1. The van der Waals surface area contributed by atoms with Crippen LogP contribution in [0.15, 0.2) is 61.2 Å². The lowest BCUT2D eigenvalue weighted by atomic mass is 9.88. The van der Waals surface area contributed by atoms with E-state index in [1.165, 1.54) is 16.0 Å². The summed E-state index contributed by atoms with van der Waals surface area (Å²) in [4.78, 5) is 40.5. The quantitative estimate of drug-likeness (QED) is 0.423. The first-order valence-corrected chi connectivity index (χ1v) is 14.4. The van der Waals surface area contributed by atoms with Crippen molar-refractivity contribution in [2.45, 2.75) is 83.8 Å². The topological polar surface area (TPSA) is 105 Å². The zero-order chi connectivity index (χ0) is 29.9. The van der Waals surface area contributed by atoms with E-state index in [0.717, 1.165) is 24.0 Å². The lowest BCUT2D eigenvalue weighted by Gasteiger charge is -2.30. The van der Waals surface area contributed by atoms with Crippen LogP contribution in [0.3, 0.4) is 0 Å². The van der Waals surface area contributed by atoms with Gasteiger partial charge in [-0.15, -0.1) is 6.58 Å². The molecule has 1 heterocycles. The van der Waals surface area contributed by atoms with Gasteiger partial charge in [0.1, 0.15) is 23.8 Å². The molecule has 8 nitrogen and oxygen atoms in total. The number of benzene rings is 2. The number of fused-ring (bicyclic) bond motifs is 2. The van der Waals surface area contributed by atoms with E-state index in [-0.39, 0.29) is 25.0 Å². The first kappa shape index (κ1) is 30.3. The molecular weight excluding hydrogens is 520 g/mol. The Kier molecular flexibility index (Phi) is 9.22. The molecule has 0 saturated carbocycles. The van der Waals surface area contributed by atoms with Crippen LogP contribution in [-0.2, 0) is 31.9 Å². The molecule has 2 N–H and O–H groups in total. The molecule has 41 heavy (non-hydrogen) atoms. The van der Waals surface area contributed by atoms with Crippen molar-refractivity contribution in [3.05, 3.63) is 83.4 Å². The number of aliphatic carboxylic acids is 1. The van der Waals surface area contributed by atoms with Crippen LogP contribution in [0, 0.1) is 11.8 Å². The highest BCUT2D eigenvalue weighted by molar-refractivity contribution is 5.90. The number of amides is 2. The van der Waals surface area contributed by atoms with E-state index in [1.54, 1.807) is 33.8 Å². The van der Waals surface area contributed by atoms with Crippen molar-refractivity contribution in [1.82, 2.24) is 10.2 Å². The number of allylic oxidation sites excluding steroid dienone is 1. The third kappa shape index (κ3) is 6.99. The molecule has 1 fully saturated rings. The number of rotatable bonds is 8. The van der Waals surface area contributed by atoms with Crippen LogP contribution in [0.2, 0.25) is 0 Å². The molecule has 2 aromatic rings. The van der Waals surface area contributed by atoms with Crippen molar-refractivity contribution in [2.75, 3.05) is 6.54 Å². The van der Waals surface area contributed by atoms with E-state index in [0.29, 0.717) is 0 Å². The normalized spacial score (nSPS) is 21.0. The van der Waals surface area contributed by atoms with Gasteiger partial charge in [-0.2, -0.15) is 0 Å². The number of nitrogens with one attached hydrogen (secondary N) is 1. The van der Waals surface area contributed by atoms with Crippen molar-refractivity contribution >= 4 is 18.0 Å². The fraction of sp³-hybridized carbons (Fsp3) is 0.485. The van der Waals surface area contributed by atoms with Crippen LogP contribution in [0.4, 0.5) is 4.79 Å². The minimum atomic E-state index is -1.14. The second-order valence-electron chi connectivity index (χ2n) is 12.2. The summed E-state index contributed by atoms with van der Waals surface area (Å²) in [6.07, 6.45) is 2.19. The van der Waals surface area contributed by atoms with Crippen molar-refractivity contribution in [3.8, 4) is 0 Å². The summed E-state index contributed by atoms with van der Waals surface area (Å²) in [5.41, 5.74) is 3.80. The number of ether oxygens (including phenoxy) is 2. The zero-order valence-corrected chi connectivity index (χ0v) is 24.6. The summed E-state index contributed by atoms with van der Waals surface area (Å²) < 4.78 is 12.4. The minimum Gasteiger partial charge on any atom is -0.480 e. The van der Waals surface area contributed by atoms with E-state index in [2.05, 4.69) is 36.2 Å². The fourth-order valence-electron chi connectivity index (χ4n) is 5.66. The number of hydrogen-bond acceptors (Lipinski definition) is 5. The molecule has 2 aromatic carbocycles. The average molecular weight is 563 g/mol. The van der Waals surface area contributed by atoms with E-state index in [9.17, 15) is 19.5 Å². The molecule has 1 aliphatic heterocycles. The maximum absolute atomic E-state index is 13.6. The molecule has 0 bridgehead atoms. The molecule has 0 unspecified atom stereocenters. The molecule has 8 heteroatoms. The first-order valence-electron chi connectivity index (χ1n) is 14.4. The third-order valence-corrected chi connectivity index (χ3v) is 8.15. The van der Waals surface area contributed by atoms with Crippen molar-refractivity contribution in [2.24, 2.45) is 11.8 Å². The monoisotopic (exact) mass is 562 g/mol. The summed E-state index contributed by atoms with van der Waals surface area (Å²) in [6.45, 7) is 12.8. The standard InChI is InChI=1S/C33H42N2O6/c1-7-20(2)21(3)28(31(37)38)34-30(36)27-18-24(19-35(27)32(39)41-33(4,5)6)40-29-25-14-10-8-12-22(25)16-17-23-13-9-11-15-26(23)29/h7-15,20-21,24,27-29H,1,16-19H2,2-6H3,(H,34,36)(H,37,38)/t20-,21-,24+,27-,28-/m0/s1. The number of likely N-dealkylation sites (tertiary alicyclic amines) is 1. The van der Waals surface area contributed by atoms with Crippen molar-refractivity contribution in [3.63, 3.8) is 0 Å². The summed E-state index contributed by atoms with van der Waals surface area (Å²) in [7, 11) is 0. The van der Waals surface area contributed by atoms with Gasteiger partial charge in [-0.3, -0.25) is 9.69 Å². The predicted molar refractivity (Wildman–Crippen MR) is 156 cm³/mol. The first-order chi connectivity index (χ1) is 19.4. The highest BCUT2D eigenvalue weighted by atomic mass is 16.6. The molecular formula is C33H42N2O6. The minimum absolute atomic E-state index is 0.143. The predicted octanol–water partition coefficient (Wildman–Crippen LogP) is 5.30. The summed E-state index contributed by atoms with van der Waals surface area (Å²) in [5, 5.41) is 12.6. The number of hydrogen-bond donors (Lipinski definition) is 2. The van der Waals surface area contributed by atoms with Crippen LogP contribution in [-0.4, -0.2) is 58.3 Å². The Hall–Kier alpha value is -3.65. The Morgan fingerprint density at radius 1 is 1.02 bits per heavy atom. The summed E-state index contributed by atoms with van der Waals surface area (Å²) >= 11 is 0. The summed E-state index contributed by atoms with van der Waals surface area (Å²) in [5.74, 6) is -2.23. The van der Waals surface area contributed by atoms with Crippen LogP contribution < -0.4 is 5.32 Å². The highest BCUT2D eigenvalue weighted by Crippen LogP contribution is 2.38. The van der Waals surface area contributed by atoms with E-state index >= 15 is 0 Å². The Bertz CT molecular complexity index is 1240. The second-order valence-corrected chi connectivity index (χ2v) is 12.2. The van der Waals surface area contributed by atoms with Crippen LogP contribution in [0.1, 0.15) is 69.4 Å². The molecule has 2 aliphatic rings. The van der Waals surface area contributed by atoms with Gasteiger partial charge in [0.05, 0.1) is 12.6 Å². The lowest BCUT2D eigenvalue weighted by molar-refractivity contribution is -0.144. The van der Waals surface area contributed by atoms with Gasteiger partial charge in [-0.1, -0.05) is 68.5 Å². The van der Waals surface area contributed by atoms with Gasteiger partial charge >= 0.3 is 12.1 Å². The fourth-order valence-corrected chi connectivity index (χ4v) is 5.66. The third-order valence-electron chi connectivity index (χ3n) is 8.15. The Labute approximate surface area is 242 Å². The highest BCUT2D eigenvalue weighted by Gasteiger charge is 2.45. The van der Waals surface area contributed by atoms with Gasteiger partial charge in [-0.05, 0) is 67.7 Å². The van der Waals surface area contributed by atoms with Crippen molar-refractivity contribution in [1.29, 1.82) is 0 Å². The van der Waals surface area contributed by atoms with Gasteiger partial charge in [0.25, 0.3) is 0 Å². The van der Waals surface area contributed by atoms with Crippen LogP contribution >= 0.6 is 0 Å². The van der Waals surface area contributed by atoms with E-state index in [4.69, 9.17) is 9.47 Å². The average Bonchev–Trinajstić information content (AvgIpc) is 3.29. The van der Waals surface area contributed by atoms with Gasteiger partial charge in [0.2, 0.25) is 5.91 Å². The van der Waals surface area contributed by atoms with Gasteiger partial charge in [-0.25, -0.2) is 9.59 Å². The number of aryl methyl sites for hydroxylation is 2. The maximum Gasteiger partial charge on any atom is 0.411 e. The Morgan fingerprint density at radius 3 is 2.10 bits per heavy atom. The molecule has 1 aliphatic carbocycles. The molecule has 2 amide bonds. The van der Waals surface area contributed by atoms with Gasteiger partial charge in [0.15, 0.2) is 0 Å². The molecule has 220 valence electrons. The molecule has 0 spiro atoms.